The van der Waals surface area contributed by atoms with Crippen LogP contribution in [0.25, 0.3) is 0 Å². The van der Waals surface area contributed by atoms with Gasteiger partial charge in [0.1, 0.15) is 17.5 Å². The topological polar surface area (TPSA) is 51.7 Å². The number of piperazine rings is 1. The van der Waals surface area contributed by atoms with Crippen LogP contribution < -0.4 is 10.2 Å². The molecule has 2 aromatic carbocycles. The molecule has 2 fully saturated rings. The van der Waals surface area contributed by atoms with Crippen molar-refractivity contribution >= 4 is 34.9 Å². The molecule has 3 aromatic rings. The summed E-state index contributed by atoms with van der Waals surface area (Å²) >= 11 is 12.5. The van der Waals surface area contributed by atoms with Gasteiger partial charge in [-0.2, -0.15) is 0 Å². The number of piperidine rings is 1. The Bertz CT molecular complexity index is 1290. The zero-order valence-corrected chi connectivity index (χ0v) is 23.1. The van der Waals surface area contributed by atoms with Crippen LogP contribution in [0.15, 0.2) is 54.7 Å². The summed E-state index contributed by atoms with van der Waals surface area (Å²) in [5.74, 6) is -1.13. The van der Waals surface area contributed by atoms with Gasteiger partial charge in [-0.3, -0.25) is 14.6 Å². The van der Waals surface area contributed by atoms with Crippen molar-refractivity contribution in [2.75, 3.05) is 44.2 Å². The predicted molar refractivity (Wildman–Crippen MR) is 150 cm³/mol. The van der Waals surface area contributed by atoms with E-state index in [0.29, 0.717) is 16.9 Å². The predicted octanol–water partition coefficient (Wildman–Crippen LogP) is 5.38. The molecule has 5 rings (SSSR count). The van der Waals surface area contributed by atoms with Crippen LogP contribution >= 0.6 is 23.2 Å². The molecule has 6 nitrogen and oxygen atoms in total. The van der Waals surface area contributed by atoms with Gasteiger partial charge in [0.05, 0.1) is 10.6 Å². The third-order valence-corrected chi connectivity index (χ3v) is 8.08. The van der Waals surface area contributed by atoms with Crippen molar-refractivity contribution in [2.45, 2.75) is 32.0 Å². The molecule has 206 valence electrons. The number of aromatic nitrogens is 1. The number of nitrogens with zero attached hydrogens (tertiary/aromatic N) is 4. The highest BCUT2D eigenvalue weighted by Crippen LogP contribution is 2.27. The van der Waals surface area contributed by atoms with Gasteiger partial charge < -0.3 is 10.2 Å². The van der Waals surface area contributed by atoms with Crippen molar-refractivity contribution in [1.82, 2.24) is 20.1 Å². The van der Waals surface area contributed by atoms with Crippen molar-refractivity contribution < 1.29 is 13.6 Å². The lowest BCUT2D eigenvalue weighted by atomic mass is 10.0. The first kappa shape index (κ1) is 27.8. The lowest BCUT2D eigenvalue weighted by molar-refractivity contribution is 0.0950. The number of anilines is 1. The molecule has 2 aliphatic heterocycles. The molecule has 0 bridgehead atoms. The summed E-state index contributed by atoms with van der Waals surface area (Å²) in [7, 11) is 0. The molecule has 0 aliphatic carbocycles. The monoisotopic (exact) mass is 573 g/mol. The van der Waals surface area contributed by atoms with E-state index < -0.39 is 17.5 Å². The normalized spacial score (nSPS) is 17.4. The fourth-order valence-electron chi connectivity index (χ4n) is 5.32. The van der Waals surface area contributed by atoms with Gasteiger partial charge in [0.2, 0.25) is 0 Å². The van der Waals surface area contributed by atoms with Gasteiger partial charge >= 0.3 is 0 Å². The quantitative estimate of drug-likeness (QED) is 0.411. The van der Waals surface area contributed by atoms with Crippen molar-refractivity contribution in [3.63, 3.8) is 0 Å². The highest BCUT2D eigenvalue weighted by Gasteiger charge is 2.28. The summed E-state index contributed by atoms with van der Waals surface area (Å²) < 4.78 is 26.9. The first-order valence-electron chi connectivity index (χ1n) is 13.2. The highest BCUT2D eigenvalue weighted by molar-refractivity contribution is 6.33. The summed E-state index contributed by atoms with van der Waals surface area (Å²) in [6.07, 6.45) is 3.79. The number of hydrogen-bond acceptors (Lipinski definition) is 5. The number of carbonyl (C=O) groups is 1. The van der Waals surface area contributed by atoms with Gasteiger partial charge in [-0.25, -0.2) is 13.8 Å². The van der Waals surface area contributed by atoms with Gasteiger partial charge in [0.25, 0.3) is 5.91 Å². The van der Waals surface area contributed by atoms with E-state index in [1.165, 1.54) is 17.8 Å². The lowest BCUT2D eigenvalue weighted by Gasteiger charge is -2.43. The molecule has 0 atom stereocenters. The van der Waals surface area contributed by atoms with Gasteiger partial charge in [-0.1, -0.05) is 41.4 Å². The first-order valence-corrected chi connectivity index (χ1v) is 13.9. The minimum atomic E-state index is -0.704. The van der Waals surface area contributed by atoms with Crippen molar-refractivity contribution in [3.05, 3.63) is 93.1 Å². The number of benzene rings is 2. The SMILES string of the molecule is O=C(NCc1ccc(F)cc1F)c1cnc(N2CCN(C3CCN(Cc4ccc(Cl)cc4)CC3)CC2)c(Cl)c1. The van der Waals surface area contributed by atoms with Crippen LogP contribution in [0.3, 0.4) is 0 Å². The Morgan fingerprint density at radius 1 is 0.949 bits per heavy atom. The summed E-state index contributed by atoms with van der Waals surface area (Å²) in [6.45, 7) is 6.55. The maximum absolute atomic E-state index is 13.8. The number of hydrogen-bond donors (Lipinski definition) is 1. The van der Waals surface area contributed by atoms with E-state index in [9.17, 15) is 13.6 Å². The second-order valence-electron chi connectivity index (χ2n) is 10.1. The minimum absolute atomic E-state index is 0.0632. The Morgan fingerprint density at radius 3 is 2.33 bits per heavy atom. The van der Waals surface area contributed by atoms with E-state index in [1.807, 2.05) is 12.1 Å². The number of carbonyl (C=O) groups excluding carboxylic acids is 1. The molecule has 10 heteroatoms. The maximum Gasteiger partial charge on any atom is 0.253 e. The number of likely N-dealkylation sites (tertiary alicyclic amines) is 1. The van der Waals surface area contributed by atoms with Crippen molar-refractivity contribution in [1.29, 1.82) is 0 Å². The second kappa shape index (κ2) is 12.6. The smallest absolute Gasteiger partial charge is 0.253 e. The molecule has 0 radical (unpaired) electrons. The first-order chi connectivity index (χ1) is 18.9. The summed E-state index contributed by atoms with van der Waals surface area (Å²) in [4.78, 5) is 24.3. The average Bonchev–Trinajstić information content (AvgIpc) is 2.94. The van der Waals surface area contributed by atoms with Gasteiger partial charge in [-0.15, -0.1) is 0 Å². The maximum atomic E-state index is 13.8. The number of halogens is 4. The van der Waals surface area contributed by atoms with Crippen LogP contribution in [0.4, 0.5) is 14.6 Å². The van der Waals surface area contributed by atoms with Crippen LogP contribution in [0.5, 0.6) is 0 Å². The minimum Gasteiger partial charge on any atom is -0.353 e. The van der Waals surface area contributed by atoms with Crippen LogP contribution in [0.2, 0.25) is 10.0 Å². The molecule has 1 amide bonds. The highest BCUT2D eigenvalue weighted by atomic mass is 35.5. The second-order valence-corrected chi connectivity index (χ2v) is 10.9. The molecule has 39 heavy (non-hydrogen) atoms. The van der Waals surface area contributed by atoms with E-state index in [-0.39, 0.29) is 17.7 Å². The Balaban J connectivity index is 1.09. The fraction of sp³-hybridized carbons (Fsp3) is 0.379. The van der Waals surface area contributed by atoms with Crippen LogP contribution in [-0.4, -0.2) is 66.0 Å². The lowest BCUT2D eigenvalue weighted by Crippen LogP contribution is -2.53. The molecule has 0 saturated carbocycles. The Labute approximate surface area is 237 Å². The van der Waals surface area contributed by atoms with E-state index >= 15 is 0 Å². The number of nitrogens with one attached hydrogen (secondary N) is 1. The van der Waals surface area contributed by atoms with E-state index in [4.69, 9.17) is 23.2 Å². The van der Waals surface area contributed by atoms with E-state index in [0.717, 1.165) is 75.8 Å². The Morgan fingerprint density at radius 2 is 1.67 bits per heavy atom. The molecule has 1 aromatic heterocycles. The third-order valence-electron chi connectivity index (χ3n) is 7.55. The van der Waals surface area contributed by atoms with Gasteiger partial charge in [-0.05, 0) is 55.8 Å². The largest absolute Gasteiger partial charge is 0.353 e. The third kappa shape index (κ3) is 7.06. The Hall–Kier alpha value is -2.78. The fourth-order valence-corrected chi connectivity index (χ4v) is 5.73. The summed E-state index contributed by atoms with van der Waals surface area (Å²) in [5, 5.41) is 3.81. The molecule has 2 aliphatic rings. The molecular formula is C29H31Cl2F2N5O. The molecule has 0 spiro atoms. The number of rotatable bonds is 7. The number of amides is 1. The molecular weight excluding hydrogens is 543 g/mol. The molecule has 2 saturated heterocycles. The average molecular weight is 575 g/mol. The van der Waals surface area contributed by atoms with Crippen LogP contribution in [-0.2, 0) is 13.1 Å². The molecule has 1 N–H and O–H groups in total. The van der Waals surface area contributed by atoms with Crippen molar-refractivity contribution in [2.24, 2.45) is 0 Å². The van der Waals surface area contributed by atoms with E-state index in [2.05, 4.69) is 37.1 Å². The Kier molecular flexibility index (Phi) is 8.97. The van der Waals surface area contributed by atoms with Crippen LogP contribution in [0, 0.1) is 11.6 Å². The zero-order chi connectivity index (χ0) is 27.4. The molecule has 0 unspecified atom stereocenters. The summed E-state index contributed by atoms with van der Waals surface area (Å²) in [5.41, 5.74) is 1.78. The molecule has 3 heterocycles. The zero-order valence-electron chi connectivity index (χ0n) is 21.6. The standard InChI is InChI=1S/C29H31Cl2F2N5O/c30-23-4-1-20(2-5-23)19-36-9-7-25(8-10-36)37-11-13-38(14-12-37)28-26(31)15-22(18-34-28)29(39)35-17-21-3-6-24(32)16-27(21)33/h1-6,15-16,18,25H,7-14,17,19H2,(H,35,39). The number of pyridine rings is 1. The summed E-state index contributed by atoms with van der Waals surface area (Å²) in [6, 6.07) is 13.5. The van der Waals surface area contributed by atoms with Crippen LogP contribution in [0.1, 0.15) is 34.3 Å². The van der Waals surface area contributed by atoms with Gasteiger partial charge in [0.15, 0.2) is 0 Å². The van der Waals surface area contributed by atoms with Crippen molar-refractivity contribution in [3.8, 4) is 0 Å². The van der Waals surface area contributed by atoms with Gasteiger partial charge in [0, 0.05) is 68.2 Å². The van der Waals surface area contributed by atoms with E-state index in [1.54, 1.807) is 6.07 Å².